The summed E-state index contributed by atoms with van der Waals surface area (Å²) in [6.07, 6.45) is 4.37. The summed E-state index contributed by atoms with van der Waals surface area (Å²) in [5.41, 5.74) is 8.69. The van der Waals surface area contributed by atoms with Gasteiger partial charge >= 0.3 is 0 Å². The van der Waals surface area contributed by atoms with Crippen molar-refractivity contribution in [1.82, 2.24) is 0 Å². The summed E-state index contributed by atoms with van der Waals surface area (Å²) >= 11 is 3.75. The van der Waals surface area contributed by atoms with Crippen LogP contribution in [0.2, 0.25) is 0 Å². The van der Waals surface area contributed by atoms with Crippen molar-refractivity contribution >= 4 is 34.3 Å². The minimum Gasteiger partial charge on any atom is -0.129 e. The van der Waals surface area contributed by atoms with Crippen LogP contribution in [0, 0.1) is 41.5 Å². The van der Waals surface area contributed by atoms with Gasteiger partial charge in [-0.15, -0.1) is 23.5 Å². The zero-order chi connectivity index (χ0) is 15.2. The Labute approximate surface area is 131 Å². The number of rotatable bonds is 2. The molecule has 0 heterocycles. The molecule has 0 aliphatic rings. The van der Waals surface area contributed by atoms with Gasteiger partial charge < -0.3 is 0 Å². The first kappa shape index (κ1) is 15.8. The third-order valence-electron chi connectivity index (χ3n) is 4.65. The summed E-state index contributed by atoms with van der Waals surface area (Å²) in [4.78, 5) is 2.91. The van der Waals surface area contributed by atoms with Gasteiger partial charge in [-0.25, -0.2) is 0 Å². The molecule has 2 aromatic rings. The van der Waals surface area contributed by atoms with Crippen molar-refractivity contribution in [2.24, 2.45) is 0 Å². The Morgan fingerprint density at radius 2 is 0.750 bits per heavy atom. The van der Waals surface area contributed by atoms with E-state index in [1.165, 1.54) is 53.9 Å². The SMILES string of the molecule is CSc1c(C)c(C)c2c(C)c(SC)c(C)c(C)c2c1C. The summed E-state index contributed by atoms with van der Waals surface area (Å²) in [5.74, 6) is 0. The lowest BCUT2D eigenvalue weighted by atomic mass is 9.88. The quantitative estimate of drug-likeness (QED) is 0.612. The van der Waals surface area contributed by atoms with Crippen molar-refractivity contribution in [1.29, 1.82) is 0 Å². The first-order chi connectivity index (χ1) is 9.36. The molecule has 0 atom stereocenters. The summed E-state index contributed by atoms with van der Waals surface area (Å²) in [6, 6.07) is 0. The predicted octanol–water partition coefficient (Wildman–Crippen LogP) is 6.13. The van der Waals surface area contributed by atoms with Gasteiger partial charge in [0.15, 0.2) is 0 Å². The third-order valence-corrected chi connectivity index (χ3v) is 6.69. The van der Waals surface area contributed by atoms with E-state index in [-0.39, 0.29) is 0 Å². The second kappa shape index (κ2) is 5.65. The van der Waals surface area contributed by atoms with Crippen molar-refractivity contribution < 1.29 is 0 Å². The van der Waals surface area contributed by atoms with E-state index < -0.39 is 0 Å². The van der Waals surface area contributed by atoms with E-state index in [1.54, 1.807) is 0 Å². The molecule has 0 nitrogen and oxygen atoms in total. The normalized spacial score (nSPS) is 11.4. The van der Waals surface area contributed by atoms with E-state index in [9.17, 15) is 0 Å². The average molecular weight is 305 g/mol. The standard InChI is InChI=1S/C18H24S2/c1-9-11(3)17(19-7)14(6)16-10(2)12(4)18(20-8)13(5)15(9)16/h1-8H3. The zero-order valence-electron chi connectivity index (χ0n) is 13.8. The summed E-state index contributed by atoms with van der Waals surface area (Å²) < 4.78 is 0. The van der Waals surface area contributed by atoms with Gasteiger partial charge in [-0.05, 0) is 98.2 Å². The Morgan fingerprint density at radius 1 is 0.450 bits per heavy atom. The lowest BCUT2D eigenvalue weighted by molar-refractivity contribution is 1.15. The monoisotopic (exact) mass is 304 g/mol. The highest BCUT2D eigenvalue weighted by Gasteiger charge is 2.18. The zero-order valence-corrected chi connectivity index (χ0v) is 15.4. The molecule has 0 unspecified atom stereocenters. The topological polar surface area (TPSA) is 0 Å². The van der Waals surface area contributed by atoms with Gasteiger partial charge in [0.25, 0.3) is 0 Å². The van der Waals surface area contributed by atoms with E-state index in [2.05, 4.69) is 54.1 Å². The number of hydrogen-bond donors (Lipinski definition) is 0. The van der Waals surface area contributed by atoms with Gasteiger partial charge in [0.05, 0.1) is 0 Å². The van der Waals surface area contributed by atoms with Gasteiger partial charge in [0.1, 0.15) is 0 Å². The van der Waals surface area contributed by atoms with Crippen molar-refractivity contribution in [2.45, 2.75) is 51.3 Å². The molecule has 2 aromatic carbocycles. The third kappa shape index (κ3) is 2.08. The number of hydrogen-bond acceptors (Lipinski definition) is 2. The Balaban J connectivity index is 3.15. The van der Waals surface area contributed by atoms with Crippen molar-refractivity contribution in [3.05, 3.63) is 33.4 Å². The molecule has 0 aromatic heterocycles. The van der Waals surface area contributed by atoms with Crippen LogP contribution in [0.25, 0.3) is 10.8 Å². The smallest absolute Gasteiger partial charge is 0.0137 e. The summed E-state index contributed by atoms with van der Waals surface area (Å²) in [7, 11) is 0. The first-order valence-corrected chi connectivity index (χ1v) is 9.42. The Morgan fingerprint density at radius 3 is 1.00 bits per heavy atom. The average Bonchev–Trinajstić information content (AvgIpc) is 2.41. The molecule has 2 rings (SSSR count). The molecule has 0 amide bonds. The molecule has 0 radical (unpaired) electrons. The van der Waals surface area contributed by atoms with E-state index in [0.717, 1.165) is 0 Å². The maximum atomic E-state index is 2.28. The van der Waals surface area contributed by atoms with Crippen LogP contribution in [-0.2, 0) is 0 Å². The minimum absolute atomic E-state index is 1.45. The molecule has 0 aliphatic carbocycles. The number of fused-ring (bicyclic) bond motifs is 1. The maximum absolute atomic E-state index is 2.28. The Kier molecular flexibility index (Phi) is 4.46. The largest absolute Gasteiger partial charge is 0.129 e. The molecule has 20 heavy (non-hydrogen) atoms. The van der Waals surface area contributed by atoms with Crippen LogP contribution in [-0.4, -0.2) is 12.5 Å². The van der Waals surface area contributed by atoms with Gasteiger partial charge in [-0.1, -0.05) is 0 Å². The number of thioether (sulfide) groups is 2. The first-order valence-electron chi connectivity index (χ1n) is 6.97. The molecule has 0 saturated carbocycles. The van der Waals surface area contributed by atoms with Crippen LogP contribution in [0.1, 0.15) is 33.4 Å². The number of benzene rings is 2. The molecule has 0 fully saturated rings. The van der Waals surface area contributed by atoms with Crippen LogP contribution in [0.3, 0.4) is 0 Å². The Bertz CT molecular complexity index is 636. The highest BCUT2D eigenvalue weighted by atomic mass is 32.2. The van der Waals surface area contributed by atoms with Crippen LogP contribution in [0.5, 0.6) is 0 Å². The molecular weight excluding hydrogens is 280 g/mol. The highest BCUT2D eigenvalue weighted by molar-refractivity contribution is 7.99. The fraction of sp³-hybridized carbons (Fsp3) is 0.444. The molecule has 0 bridgehead atoms. The lowest BCUT2D eigenvalue weighted by Gasteiger charge is -2.22. The van der Waals surface area contributed by atoms with Crippen molar-refractivity contribution in [3.63, 3.8) is 0 Å². The fourth-order valence-electron chi connectivity index (χ4n) is 3.43. The molecule has 2 heteroatoms. The van der Waals surface area contributed by atoms with E-state index >= 15 is 0 Å². The van der Waals surface area contributed by atoms with Crippen LogP contribution >= 0.6 is 23.5 Å². The summed E-state index contributed by atoms with van der Waals surface area (Å²) in [6.45, 7) is 13.7. The molecular formula is C18H24S2. The van der Waals surface area contributed by atoms with E-state index in [0.29, 0.717) is 0 Å². The van der Waals surface area contributed by atoms with Crippen LogP contribution in [0.4, 0.5) is 0 Å². The lowest BCUT2D eigenvalue weighted by Crippen LogP contribution is -2.00. The second-order valence-electron chi connectivity index (χ2n) is 5.57. The van der Waals surface area contributed by atoms with Gasteiger partial charge in [0, 0.05) is 9.79 Å². The molecule has 0 spiro atoms. The maximum Gasteiger partial charge on any atom is 0.0137 e. The highest BCUT2D eigenvalue weighted by Crippen LogP contribution is 2.42. The Hall–Kier alpha value is -0.600. The van der Waals surface area contributed by atoms with Crippen LogP contribution < -0.4 is 0 Å². The van der Waals surface area contributed by atoms with E-state index in [1.807, 2.05) is 23.5 Å². The van der Waals surface area contributed by atoms with E-state index in [4.69, 9.17) is 0 Å². The van der Waals surface area contributed by atoms with Gasteiger partial charge in [-0.2, -0.15) is 0 Å². The predicted molar refractivity (Wildman–Crippen MR) is 95.9 cm³/mol. The van der Waals surface area contributed by atoms with Crippen molar-refractivity contribution in [3.8, 4) is 0 Å². The molecule has 0 saturated heterocycles. The van der Waals surface area contributed by atoms with Crippen molar-refractivity contribution in [2.75, 3.05) is 12.5 Å². The minimum atomic E-state index is 1.45. The fourth-order valence-corrected chi connectivity index (χ4v) is 5.17. The second-order valence-corrected chi connectivity index (χ2v) is 7.20. The molecule has 0 N–H and O–H groups in total. The summed E-state index contributed by atoms with van der Waals surface area (Å²) in [5, 5.41) is 2.95. The molecule has 108 valence electrons. The van der Waals surface area contributed by atoms with Crippen LogP contribution in [0.15, 0.2) is 9.79 Å². The van der Waals surface area contributed by atoms with Gasteiger partial charge in [0.2, 0.25) is 0 Å². The van der Waals surface area contributed by atoms with Gasteiger partial charge in [-0.3, -0.25) is 0 Å². The number of aryl methyl sites for hydroxylation is 4. The molecule has 0 aliphatic heterocycles.